The molecular formula is C27H46O6Si2. The highest BCUT2D eigenvalue weighted by atomic mass is 28.4. The zero-order chi connectivity index (χ0) is 26.2. The second-order valence-corrected chi connectivity index (χ2v) is 22.7. The molecule has 198 valence electrons. The van der Waals surface area contributed by atoms with E-state index in [0.29, 0.717) is 5.92 Å². The SMILES string of the molecule is C=C1C[C@]23CC1CC[C@H]2[C@]1(O[Si](C)(C)C)CC[C@H](O[Si](C)(C)C)C(C)(C(=O)OC)[C@H]1[C@@H]3C(=O)OC. The van der Waals surface area contributed by atoms with Gasteiger partial charge in [0.05, 0.1) is 37.3 Å². The summed E-state index contributed by atoms with van der Waals surface area (Å²) >= 11 is 0. The Kier molecular flexibility index (Phi) is 6.60. The summed E-state index contributed by atoms with van der Waals surface area (Å²) in [6, 6.07) is 0. The lowest BCUT2D eigenvalue weighted by Gasteiger charge is -2.57. The van der Waals surface area contributed by atoms with E-state index in [1.54, 1.807) is 0 Å². The molecule has 4 aliphatic carbocycles. The lowest BCUT2D eigenvalue weighted by molar-refractivity contribution is -0.195. The highest BCUT2D eigenvalue weighted by Gasteiger charge is 2.79. The molecule has 1 spiro atoms. The predicted octanol–water partition coefficient (Wildman–Crippen LogP) is 5.55. The minimum atomic E-state index is -2.07. The molecule has 0 aromatic carbocycles. The third kappa shape index (κ3) is 4.01. The average Bonchev–Trinajstić information content (AvgIpc) is 3.13. The Hall–Kier alpha value is -0.966. The summed E-state index contributed by atoms with van der Waals surface area (Å²) in [5.41, 5.74) is -0.642. The summed E-state index contributed by atoms with van der Waals surface area (Å²) in [7, 11) is -1.15. The number of ether oxygens (including phenoxy) is 2. The zero-order valence-electron chi connectivity index (χ0n) is 23.3. The van der Waals surface area contributed by atoms with Gasteiger partial charge in [-0.2, -0.15) is 0 Å². The summed E-state index contributed by atoms with van der Waals surface area (Å²) < 4.78 is 25.1. The molecule has 4 fully saturated rings. The van der Waals surface area contributed by atoms with Crippen LogP contribution in [0.5, 0.6) is 0 Å². The Morgan fingerprint density at radius 2 is 1.63 bits per heavy atom. The number of hydrogen-bond donors (Lipinski definition) is 0. The van der Waals surface area contributed by atoms with E-state index in [4.69, 9.17) is 18.3 Å². The molecule has 35 heavy (non-hydrogen) atoms. The summed E-state index contributed by atoms with van der Waals surface area (Å²) in [6.07, 6.45) is 5.00. The fourth-order valence-corrected chi connectivity index (χ4v) is 11.6. The quantitative estimate of drug-likeness (QED) is 0.259. The number of fused-ring (bicyclic) bond motifs is 3. The van der Waals surface area contributed by atoms with Crippen LogP contribution in [0.25, 0.3) is 0 Å². The van der Waals surface area contributed by atoms with Gasteiger partial charge in [0.15, 0.2) is 16.6 Å². The maximum absolute atomic E-state index is 13.9. The van der Waals surface area contributed by atoms with Gasteiger partial charge in [-0.3, -0.25) is 9.59 Å². The zero-order valence-corrected chi connectivity index (χ0v) is 25.3. The van der Waals surface area contributed by atoms with Crippen molar-refractivity contribution in [2.75, 3.05) is 14.2 Å². The molecule has 0 aromatic heterocycles. The van der Waals surface area contributed by atoms with Crippen molar-refractivity contribution in [3.63, 3.8) is 0 Å². The normalized spacial score (nSPS) is 42.9. The molecule has 0 radical (unpaired) electrons. The van der Waals surface area contributed by atoms with Crippen molar-refractivity contribution >= 4 is 28.6 Å². The second kappa shape index (κ2) is 8.53. The van der Waals surface area contributed by atoms with Crippen LogP contribution >= 0.6 is 0 Å². The van der Waals surface area contributed by atoms with Crippen LogP contribution in [0.15, 0.2) is 12.2 Å². The van der Waals surface area contributed by atoms with Gasteiger partial charge >= 0.3 is 11.9 Å². The van der Waals surface area contributed by atoms with Gasteiger partial charge in [-0.1, -0.05) is 12.2 Å². The number of esters is 2. The van der Waals surface area contributed by atoms with Crippen LogP contribution in [0, 0.1) is 34.5 Å². The standard InChI is InChI=1S/C27H46O6Si2/c1-17-15-26-16-18(17)11-12-19(26)27(33-35(8,9)10)14-13-20(32-34(5,6)7)25(2,24(29)31-4)22(27)21(26)23(28)30-3/h18-22H,1,11-16H2,2-10H3/t18?,19-,20+,21-,22-,25?,26+,27-/m1/s1. The van der Waals surface area contributed by atoms with E-state index in [1.165, 1.54) is 19.8 Å². The lowest BCUT2D eigenvalue weighted by Crippen LogP contribution is -2.65. The van der Waals surface area contributed by atoms with E-state index < -0.39 is 33.6 Å². The first-order valence-electron chi connectivity index (χ1n) is 13.3. The van der Waals surface area contributed by atoms with E-state index in [0.717, 1.165) is 38.5 Å². The van der Waals surface area contributed by atoms with Crippen molar-refractivity contribution < 1.29 is 27.9 Å². The van der Waals surface area contributed by atoms with Gasteiger partial charge in [0.25, 0.3) is 0 Å². The predicted molar refractivity (Wildman–Crippen MR) is 141 cm³/mol. The number of carbonyl (C=O) groups excluding carboxylic acids is 2. The number of allylic oxidation sites excluding steroid dienone is 1. The first-order chi connectivity index (χ1) is 16.1. The molecule has 0 aliphatic heterocycles. The molecule has 0 saturated heterocycles. The third-order valence-corrected chi connectivity index (χ3v) is 11.5. The number of carbonyl (C=O) groups is 2. The molecular weight excluding hydrogens is 476 g/mol. The van der Waals surface area contributed by atoms with Crippen LogP contribution in [0.4, 0.5) is 0 Å². The van der Waals surface area contributed by atoms with Gasteiger partial charge in [0.1, 0.15) is 0 Å². The fourth-order valence-electron chi connectivity index (χ4n) is 8.86. The van der Waals surface area contributed by atoms with E-state index >= 15 is 0 Å². The molecule has 2 unspecified atom stereocenters. The third-order valence-electron chi connectivity index (χ3n) is 9.51. The second-order valence-electron chi connectivity index (χ2n) is 13.8. The average molecular weight is 523 g/mol. The van der Waals surface area contributed by atoms with Crippen molar-refractivity contribution in [3.8, 4) is 0 Å². The Balaban J connectivity index is 2.00. The monoisotopic (exact) mass is 522 g/mol. The first kappa shape index (κ1) is 27.1. The lowest BCUT2D eigenvalue weighted by atomic mass is 9.56. The molecule has 8 atom stereocenters. The molecule has 0 heterocycles. The summed E-state index contributed by atoms with van der Waals surface area (Å²) in [6.45, 7) is 19.5. The van der Waals surface area contributed by atoms with Crippen LogP contribution < -0.4 is 0 Å². The van der Waals surface area contributed by atoms with E-state index in [9.17, 15) is 9.59 Å². The largest absolute Gasteiger partial charge is 0.469 e. The molecule has 2 bridgehead atoms. The molecule has 8 heteroatoms. The Labute approximate surface area is 213 Å². The van der Waals surface area contributed by atoms with Gasteiger partial charge in [-0.15, -0.1) is 0 Å². The summed E-state index contributed by atoms with van der Waals surface area (Å²) in [5, 5.41) is 0. The van der Waals surface area contributed by atoms with Crippen LogP contribution in [0.1, 0.15) is 45.4 Å². The van der Waals surface area contributed by atoms with Gasteiger partial charge < -0.3 is 18.3 Å². The van der Waals surface area contributed by atoms with Crippen LogP contribution in [0.3, 0.4) is 0 Å². The van der Waals surface area contributed by atoms with Crippen molar-refractivity contribution in [1.82, 2.24) is 0 Å². The van der Waals surface area contributed by atoms with Crippen LogP contribution in [-0.4, -0.2) is 54.5 Å². The topological polar surface area (TPSA) is 71.1 Å². The van der Waals surface area contributed by atoms with Gasteiger partial charge in [-0.05, 0) is 102 Å². The van der Waals surface area contributed by atoms with Gasteiger partial charge in [0.2, 0.25) is 0 Å². The van der Waals surface area contributed by atoms with E-state index in [1.807, 2.05) is 6.92 Å². The summed E-state index contributed by atoms with van der Waals surface area (Å²) in [5.74, 6) is -0.727. The van der Waals surface area contributed by atoms with Crippen molar-refractivity contribution in [1.29, 1.82) is 0 Å². The number of hydrogen-bond acceptors (Lipinski definition) is 6. The number of methoxy groups -OCH3 is 2. The van der Waals surface area contributed by atoms with Gasteiger partial charge in [0, 0.05) is 5.92 Å². The van der Waals surface area contributed by atoms with Crippen molar-refractivity contribution in [2.24, 2.45) is 34.5 Å². The fraction of sp³-hybridized carbons (Fsp3) is 0.852. The molecule has 4 saturated carbocycles. The Bertz CT molecular complexity index is 906. The molecule has 4 aliphatic rings. The molecule has 0 aromatic rings. The van der Waals surface area contributed by atoms with E-state index in [-0.39, 0.29) is 35.3 Å². The highest BCUT2D eigenvalue weighted by Crippen LogP contribution is 2.76. The molecule has 0 N–H and O–H groups in total. The van der Waals surface area contributed by atoms with Gasteiger partial charge in [-0.25, -0.2) is 0 Å². The van der Waals surface area contributed by atoms with Crippen molar-refractivity contribution in [2.45, 2.75) is 96.4 Å². The minimum absolute atomic E-state index is 0.183. The molecule has 4 rings (SSSR count). The minimum Gasteiger partial charge on any atom is -0.469 e. The maximum atomic E-state index is 13.9. The van der Waals surface area contributed by atoms with Crippen LogP contribution in [0.2, 0.25) is 39.3 Å². The smallest absolute Gasteiger partial charge is 0.314 e. The summed E-state index contributed by atoms with van der Waals surface area (Å²) in [4.78, 5) is 27.7. The maximum Gasteiger partial charge on any atom is 0.314 e. The Morgan fingerprint density at radius 3 is 2.17 bits per heavy atom. The van der Waals surface area contributed by atoms with E-state index in [2.05, 4.69) is 45.9 Å². The number of rotatable bonds is 6. The Morgan fingerprint density at radius 1 is 0.971 bits per heavy atom. The molecule has 0 amide bonds. The van der Waals surface area contributed by atoms with Crippen molar-refractivity contribution in [3.05, 3.63) is 12.2 Å². The highest BCUT2D eigenvalue weighted by molar-refractivity contribution is 6.70. The first-order valence-corrected chi connectivity index (χ1v) is 20.1. The molecule has 6 nitrogen and oxygen atoms in total. The van der Waals surface area contributed by atoms with Crippen LogP contribution in [-0.2, 0) is 27.9 Å².